The molecule has 0 saturated carbocycles. The zero-order valence-electron chi connectivity index (χ0n) is 29.9. The Kier molecular flexibility index (Phi) is 22.3. The SMILES string of the molecule is O[B]Oc1ccc(O)cc1.O[B]Oc1ccc2c(c1)OCO2.O[B]Oc1cccc(CN2CCOCC2)c1.O[B]Oc1cccnc1.O[B]Oc1ccncc1. The van der Waals surface area contributed by atoms with Gasteiger partial charge in [-0.05, 0) is 78.4 Å². The molecule has 5 aromatic rings. The van der Waals surface area contributed by atoms with Crippen LogP contribution in [0.3, 0.4) is 0 Å². The lowest BCUT2D eigenvalue weighted by molar-refractivity contribution is 0.0342. The zero-order chi connectivity index (χ0) is 40.1. The highest BCUT2D eigenvalue weighted by atomic mass is 16.7. The van der Waals surface area contributed by atoms with E-state index >= 15 is 0 Å². The topological polar surface area (TPSA) is 224 Å². The molecule has 4 heterocycles. The molecule has 22 heteroatoms. The number of nitrogens with zero attached hydrogens (tertiary/aromatic N) is 3. The minimum absolute atomic E-state index is 0.172. The van der Waals surface area contributed by atoms with Gasteiger partial charge in [0.1, 0.15) is 34.5 Å². The van der Waals surface area contributed by atoms with Gasteiger partial charge in [0.2, 0.25) is 6.79 Å². The minimum Gasteiger partial charge on any atom is -0.537 e. The van der Waals surface area contributed by atoms with E-state index < -0.39 is 0 Å². The Bertz CT molecular complexity index is 1700. The molecule has 17 nitrogen and oxygen atoms in total. The van der Waals surface area contributed by atoms with Gasteiger partial charge in [-0.15, -0.1) is 0 Å². The number of benzene rings is 3. The standard InChI is InChI=1S/C11H15BNO3.C7H6BO4.C6H6BO3.2C5H5BNO2/c14-12-16-11-3-1-2-10(8-11)9-13-4-6-15-7-5-13;9-8-12-5-1-2-6-7(3-5)11-4-10-6;8-5-1-3-6(4-2-5)10-7-9;8-6-9-5-1-3-7-4-2-5;8-6-9-5-2-1-3-7-4-5/h1-3,8,14H,4-7,9H2;1-3,9H,4H2;1-4,8-9H;2*1-4,8H. The largest absolute Gasteiger partial charge is 0.569 e. The second-order valence-electron chi connectivity index (χ2n) is 10.5. The second kappa shape index (κ2) is 27.9. The number of aromatic nitrogens is 2. The lowest BCUT2D eigenvalue weighted by Gasteiger charge is -2.26. The first-order valence-corrected chi connectivity index (χ1v) is 16.5. The van der Waals surface area contributed by atoms with Crippen molar-refractivity contribution in [1.29, 1.82) is 0 Å². The molecule has 0 atom stereocenters. The number of fused-ring (bicyclic) bond motifs is 1. The van der Waals surface area contributed by atoms with E-state index in [1.54, 1.807) is 73.2 Å². The lowest BCUT2D eigenvalue weighted by Crippen LogP contribution is -2.35. The van der Waals surface area contributed by atoms with Crippen LogP contribution in [0.2, 0.25) is 0 Å². The third-order valence-corrected chi connectivity index (χ3v) is 6.82. The maximum Gasteiger partial charge on any atom is 0.569 e. The number of ether oxygens (including phenoxy) is 3. The molecule has 7 rings (SSSR count). The first-order valence-electron chi connectivity index (χ1n) is 16.5. The van der Waals surface area contributed by atoms with Crippen LogP contribution < -0.4 is 32.7 Å². The van der Waals surface area contributed by atoms with Gasteiger partial charge in [0, 0.05) is 44.3 Å². The van der Waals surface area contributed by atoms with E-state index in [0.717, 1.165) is 32.8 Å². The molecular formula is C34H37B5N3O14. The van der Waals surface area contributed by atoms with E-state index in [9.17, 15) is 0 Å². The summed E-state index contributed by atoms with van der Waals surface area (Å²) in [6.45, 7) is 4.68. The maximum absolute atomic E-state index is 8.80. The fraction of sp³-hybridized carbons (Fsp3) is 0.176. The van der Waals surface area contributed by atoms with Gasteiger partial charge < -0.3 is 67.7 Å². The van der Waals surface area contributed by atoms with Crippen LogP contribution in [0, 0.1) is 0 Å². The Labute approximate surface area is 327 Å². The van der Waals surface area contributed by atoms with Gasteiger partial charge in [0.25, 0.3) is 0 Å². The third-order valence-electron chi connectivity index (χ3n) is 6.82. The summed E-state index contributed by atoms with van der Waals surface area (Å²) < 4.78 is 38.9. The predicted octanol–water partition coefficient (Wildman–Crippen LogP) is 1.02. The Morgan fingerprint density at radius 1 is 0.554 bits per heavy atom. The van der Waals surface area contributed by atoms with Crippen LogP contribution in [-0.4, -0.2) is 117 Å². The summed E-state index contributed by atoms with van der Waals surface area (Å²) in [5.41, 5.74) is 1.18. The van der Waals surface area contributed by atoms with Crippen LogP contribution in [0.1, 0.15) is 5.56 Å². The van der Waals surface area contributed by atoms with Crippen LogP contribution in [0.15, 0.2) is 116 Å². The summed E-state index contributed by atoms with van der Waals surface area (Å²) in [5.74, 6) is 4.27. The van der Waals surface area contributed by atoms with E-state index in [2.05, 4.69) is 34.9 Å². The van der Waals surface area contributed by atoms with Crippen molar-refractivity contribution in [3.63, 3.8) is 0 Å². The summed E-state index contributed by atoms with van der Waals surface area (Å²) in [5, 5.41) is 50.2. The van der Waals surface area contributed by atoms with Crippen LogP contribution in [0.5, 0.6) is 46.0 Å². The molecule has 0 bridgehead atoms. The Morgan fingerprint density at radius 2 is 1.11 bits per heavy atom. The molecule has 0 unspecified atom stereocenters. The van der Waals surface area contributed by atoms with Crippen molar-refractivity contribution >= 4 is 38.4 Å². The Hall–Kier alpha value is -5.60. The van der Waals surface area contributed by atoms with Gasteiger partial charge in [-0.25, -0.2) is 0 Å². The smallest absolute Gasteiger partial charge is 0.537 e. The molecule has 2 aromatic heterocycles. The number of hydrogen-bond donors (Lipinski definition) is 6. The van der Waals surface area contributed by atoms with E-state index in [4.69, 9.17) is 53.7 Å². The summed E-state index contributed by atoms with van der Waals surface area (Å²) in [4.78, 5) is 9.84. The first kappa shape index (κ1) is 44.8. The highest BCUT2D eigenvalue weighted by Crippen LogP contribution is 2.34. The van der Waals surface area contributed by atoms with Crippen molar-refractivity contribution in [2.24, 2.45) is 0 Å². The number of aromatic hydroxyl groups is 1. The number of pyridine rings is 2. The fourth-order valence-corrected chi connectivity index (χ4v) is 4.35. The van der Waals surface area contributed by atoms with Crippen molar-refractivity contribution < 1.29 is 67.7 Å². The van der Waals surface area contributed by atoms with E-state index in [1.807, 2.05) is 18.2 Å². The van der Waals surface area contributed by atoms with Crippen molar-refractivity contribution in [3.8, 4) is 46.0 Å². The molecule has 56 heavy (non-hydrogen) atoms. The fourth-order valence-electron chi connectivity index (χ4n) is 4.35. The molecule has 2 aliphatic heterocycles. The number of hydrogen-bond acceptors (Lipinski definition) is 17. The van der Waals surface area contributed by atoms with Crippen LogP contribution >= 0.6 is 0 Å². The van der Waals surface area contributed by atoms with Gasteiger partial charge >= 0.3 is 38.4 Å². The average Bonchev–Trinajstić information content (AvgIpc) is 3.70. The molecule has 5 radical (unpaired) electrons. The number of morpholine rings is 1. The Balaban J connectivity index is 0.000000192. The quantitative estimate of drug-likeness (QED) is 0.0976. The normalized spacial score (nSPS) is 11.9. The van der Waals surface area contributed by atoms with Gasteiger partial charge in [-0.2, -0.15) is 0 Å². The monoisotopic (exact) mass is 766 g/mol. The van der Waals surface area contributed by atoms with Gasteiger partial charge in [-0.3, -0.25) is 14.9 Å². The first-order chi connectivity index (χ1) is 27.5. The molecule has 2 aliphatic rings. The summed E-state index contributed by atoms with van der Waals surface area (Å²) >= 11 is 0. The maximum atomic E-state index is 8.80. The van der Waals surface area contributed by atoms with Crippen molar-refractivity contribution in [2.75, 3.05) is 33.1 Å². The van der Waals surface area contributed by atoms with Crippen LogP contribution in [0.4, 0.5) is 0 Å². The molecule has 287 valence electrons. The molecule has 1 fully saturated rings. The summed E-state index contributed by atoms with van der Waals surface area (Å²) in [7, 11) is 3.17. The van der Waals surface area contributed by atoms with Crippen molar-refractivity contribution in [1.82, 2.24) is 14.9 Å². The van der Waals surface area contributed by atoms with E-state index in [-0.39, 0.29) is 12.5 Å². The minimum atomic E-state index is 0.172. The molecule has 0 spiro atoms. The van der Waals surface area contributed by atoms with Gasteiger partial charge in [0.05, 0.1) is 19.4 Å². The van der Waals surface area contributed by atoms with Gasteiger partial charge in [-0.1, -0.05) is 12.1 Å². The molecule has 0 amide bonds. The second-order valence-corrected chi connectivity index (χ2v) is 10.5. The highest BCUT2D eigenvalue weighted by Gasteiger charge is 2.13. The highest BCUT2D eigenvalue weighted by molar-refractivity contribution is 6.18. The van der Waals surface area contributed by atoms with E-state index in [0.29, 0.717) is 78.7 Å². The third kappa shape index (κ3) is 18.6. The van der Waals surface area contributed by atoms with Crippen molar-refractivity contribution in [3.05, 3.63) is 121 Å². The molecule has 6 N–H and O–H groups in total. The molecule has 3 aromatic carbocycles. The average molecular weight is 766 g/mol. The van der Waals surface area contributed by atoms with Crippen LogP contribution in [-0.2, 0) is 11.3 Å². The van der Waals surface area contributed by atoms with Crippen LogP contribution in [0.25, 0.3) is 0 Å². The molecular weight excluding hydrogens is 728 g/mol. The van der Waals surface area contributed by atoms with Gasteiger partial charge in [0.15, 0.2) is 11.5 Å². The number of phenolic OH excluding ortho intramolecular Hbond substituents is 1. The van der Waals surface area contributed by atoms with Crippen molar-refractivity contribution in [2.45, 2.75) is 6.54 Å². The summed E-state index contributed by atoms with van der Waals surface area (Å²) in [6.07, 6.45) is 6.30. The molecule has 1 saturated heterocycles. The zero-order valence-corrected chi connectivity index (χ0v) is 29.9. The van der Waals surface area contributed by atoms with E-state index in [1.165, 1.54) is 23.9 Å². The number of rotatable bonds is 12. The predicted molar refractivity (Wildman–Crippen MR) is 205 cm³/mol. The lowest BCUT2D eigenvalue weighted by atomic mass is 10.2. The molecule has 0 aliphatic carbocycles. The summed E-state index contributed by atoms with van der Waals surface area (Å²) in [6, 6.07) is 25.5. The number of phenols is 1. The Morgan fingerprint density at radius 3 is 1.73 bits per heavy atom.